The van der Waals surface area contributed by atoms with E-state index in [0.717, 1.165) is 11.3 Å². The number of carbonyl (C=O) groups excluding carboxylic acids is 1. The highest BCUT2D eigenvalue weighted by molar-refractivity contribution is 7.99. The lowest BCUT2D eigenvalue weighted by molar-refractivity contribution is -0.113. The van der Waals surface area contributed by atoms with E-state index in [1.165, 1.54) is 48.2 Å². The zero-order chi connectivity index (χ0) is 27.2. The van der Waals surface area contributed by atoms with Crippen molar-refractivity contribution >= 4 is 63.2 Å². The lowest BCUT2D eigenvalue weighted by Gasteiger charge is -2.11. The molecule has 5 aromatic rings. The number of hydrogen-bond acceptors (Lipinski definition) is 8. The van der Waals surface area contributed by atoms with E-state index in [9.17, 15) is 13.2 Å². The second kappa shape index (κ2) is 12.9. The summed E-state index contributed by atoms with van der Waals surface area (Å²) >= 11 is 6.93. The minimum atomic E-state index is -3.90. The Bertz CT molecular complexity index is 1690. The Balaban J connectivity index is 0.00000370. The molecule has 0 aliphatic carbocycles. The molecule has 14 heteroatoms. The van der Waals surface area contributed by atoms with Crippen molar-refractivity contribution in [1.82, 2.24) is 25.0 Å². The van der Waals surface area contributed by atoms with Crippen LogP contribution in [0.3, 0.4) is 0 Å². The molecule has 0 atom stereocenters. The van der Waals surface area contributed by atoms with Gasteiger partial charge in [0.2, 0.25) is 5.91 Å². The van der Waals surface area contributed by atoms with Crippen LogP contribution in [0.1, 0.15) is 0 Å². The van der Waals surface area contributed by atoms with E-state index >= 15 is 0 Å². The normalized spacial score (nSPS) is 10.9. The highest BCUT2D eigenvalue weighted by Gasteiger charge is 2.18. The lowest BCUT2D eigenvalue weighted by Crippen LogP contribution is -2.16. The Hall–Kier alpha value is -3.97. The summed E-state index contributed by atoms with van der Waals surface area (Å²) in [7, 11) is -3.90. The van der Waals surface area contributed by atoms with Gasteiger partial charge in [0, 0.05) is 16.9 Å². The fourth-order valence-corrected chi connectivity index (χ4v) is 5.41. The molecule has 0 spiro atoms. The van der Waals surface area contributed by atoms with Gasteiger partial charge in [-0.15, -0.1) is 32.8 Å². The number of thioether (sulfide) groups is 1. The van der Waals surface area contributed by atoms with Crippen molar-refractivity contribution in [2.75, 3.05) is 15.8 Å². The van der Waals surface area contributed by atoms with Gasteiger partial charge in [-0.05, 0) is 48.5 Å². The number of sulfonamides is 1. The number of anilines is 2. The predicted molar refractivity (Wildman–Crippen MR) is 158 cm³/mol. The summed E-state index contributed by atoms with van der Waals surface area (Å²) in [5.41, 5.74) is 2.22. The van der Waals surface area contributed by atoms with Crippen LogP contribution >= 0.6 is 35.8 Å². The number of halogens is 2. The zero-order valence-electron chi connectivity index (χ0n) is 20.5. The van der Waals surface area contributed by atoms with Crippen molar-refractivity contribution in [3.8, 4) is 17.1 Å². The third-order valence-electron chi connectivity index (χ3n) is 5.33. The van der Waals surface area contributed by atoms with Crippen LogP contribution in [0, 0.1) is 0 Å². The molecular formula is C26H21Cl2N7O3S2. The molecule has 40 heavy (non-hydrogen) atoms. The van der Waals surface area contributed by atoms with Crippen LogP contribution in [0.25, 0.3) is 17.1 Å². The number of aromatic nitrogens is 5. The van der Waals surface area contributed by atoms with E-state index in [-0.39, 0.29) is 39.9 Å². The first kappa shape index (κ1) is 29.0. The third-order valence-corrected chi connectivity index (χ3v) is 7.83. The molecule has 204 valence electrons. The molecule has 1 amide bonds. The highest BCUT2D eigenvalue weighted by Crippen LogP contribution is 2.28. The first-order chi connectivity index (χ1) is 18.9. The average Bonchev–Trinajstić information content (AvgIpc) is 3.38. The number of carbonyl (C=O) groups is 1. The van der Waals surface area contributed by atoms with Crippen LogP contribution in [0.2, 0.25) is 5.15 Å². The summed E-state index contributed by atoms with van der Waals surface area (Å²) in [6.07, 6.45) is 0. The molecule has 0 fully saturated rings. The molecular weight excluding hydrogens is 593 g/mol. The molecule has 5 rings (SSSR count). The van der Waals surface area contributed by atoms with Crippen LogP contribution in [0.4, 0.5) is 11.5 Å². The molecule has 2 N–H and O–H groups in total. The summed E-state index contributed by atoms with van der Waals surface area (Å²) in [6, 6.07) is 28.0. The standard InChI is InChI=1S/C26H20ClN7O3S2.ClH/c27-22-15-16-23(30-29-22)33-39(36,37)21-13-11-19(12-14-21)28-24(35)17-38-26-32-31-25(18-7-3-1-4-8-18)34(26)20-9-5-2-6-10-20;/h1-16H,17H2,(H,28,35)(H,30,33);1H. The van der Waals surface area contributed by atoms with Crippen LogP contribution in [0.5, 0.6) is 0 Å². The second-order valence-corrected chi connectivity index (χ2v) is 11.1. The van der Waals surface area contributed by atoms with Gasteiger partial charge in [0.1, 0.15) is 0 Å². The van der Waals surface area contributed by atoms with Crippen molar-refractivity contribution in [2.24, 2.45) is 0 Å². The number of para-hydroxylation sites is 1. The van der Waals surface area contributed by atoms with E-state index in [1.54, 1.807) is 0 Å². The SMILES string of the molecule is Cl.O=C(CSc1nnc(-c2ccccc2)n1-c1ccccc1)Nc1ccc(S(=O)(=O)Nc2ccc(Cl)nn2)cc1. The quantitative estimate of drug-likeness (QED) is 0.213. The van der Waals surface area contributed by atoms with Gasteiger partial charge in [0.15, 0.2) is 22.0 Å². The Morgan fingerprint density at radius 1 is 0.825 bits per heavy atom. The average molecular weight is 615 g/mol. The lowest BCUT2D eigenvalue weighted by atomic mass is 10.2. The van der Waals surface area contributed by atoms with Gasteiger partial charge in [-0.3, -0.25) is 14.1 Å². The second-order valence-electron chi connectivity index (χ2n) is 8.05. The Kier molecular flexibility index (Phi) is 9.38. The molecule has 0 aliphatic rings. The summed E-state index contributed by atoms with van der Waals surface area (Å²) in [6.45, 7) is 0. The number of amides is 1. The first-order valence-electron chi connectivity index (χ1n) is 11.5. The van der Waals surface area contributed by atoms with Crippen molar-refractivity contribution in [1.29, 1.82) is 0 Å². The van der Waals surface area contributed by atoms with Gasteiger partial charge in [-0.25, -0.2) is 8.42 Å². The van der Waals surface area contributed by atoms with E-state index in [2.05, 4.69) is 30.4 Å². The fraction of sp³-hybridized carbons (Fsp3) is 0.0385. The zero-order valence-corrected chi connectivity index (χ0v) is 23.7. The Morgan fingerprint density at radius 3 is 2.15 bits per heavy atom. The fourth-order valence-electron chi connectivity index (χ4n) is 3.56. The molecule has 0 saturated carbocycles. The highest BCUT2D eigenvalue weighted by atomic mass is 35.5. The van der Waals surface area contributed by atoms with Crippen LogP contribution in [-0.2, 0) is 14.8 Å². The minimum Gasteiger partial charge on any atom is -0.325 e. The number of benzene rings is 3. The third kappa shape index (κ3) is 6.96. The van der Waals surface area contributed by atoms with Crippen LogP contribution < -0.4 is 10.0 Å². The Morgan fingerprint density at radius 2 is 1.50 bits per heavy atom. The molecule has 10 nitrogen and oxygen atoms in total. The van der Waals surface area contributed by atoms with Crippen LogP contribution in [0.15, 0.2) is 107 Å². The summed E-state index contributed by atoms with van der Waals surface area (Å²) in [4.78, 5) is 12.7. The number of rotatable bonds is 9. The maximum absolute atomic E-state index is 12.7. The minimum absolute atomic E-state index is 0. The first-order valence-corrected chi connectivity index (χ1v) is 14.3. The molecule has 0 unspecified atom stereocenters. The van der Waals surface area contributed by atoms with Gasteiger partial charge < -0.3 is 5.32 Å². The van der Waals surface area contributed by atoms with Gasteiger partial charge in [-0.1, -0.05) is 71.9 Å². The van der Waals surface area contributed by atoms with Crippen molar-refractivity contribution in [3.63, 3.8) is 0 Å². The molecule has 2 heterocycles. The summed E-state index contributed by atoms with van der Waals surface area (Å²) < 4.78 is 29.5. The van der Waals surface area contributed by atoms with E-state index in [1.807, 2.05) is 65.2 Å². The molecule has 3 aromatic carbocycles. The summed E-state index contributed by atoms with van der Waals surface area (Å²) in [5.74, 6) is 0.484. The molecule has 0 saturated heterocycles. The predicted octanol–water partition coefficient (Wildman–Crippen LogP) is 5.33. The monoisotopic (exact) mass is 613 g/mol. The number of hydrogen-bond donors (Lipinski definition) is 2. The largest absolute Gasteiger partial charge is 0.325 e. The van der Waals surface area contributed by atoms with Gasteiger partial charge in [0.05, 0.1) is 10.6 Å². The molecule has 0 aliphatic heterocycles. The van der Waals surface area contributed by atoms with Crippen molar-refractivity contribution < 1.29 is 13.2 Å². The van der Waals surface area contributed by atoms with Crippen LogP contribution in [-0.4, -0.2) is 45.0 Å². The van der Waals surface area contributed by atoms with E-state index in [4.69, 9.17) is 11.6 Å². The summed E-state index contributed by atoms with van der Waals surface area (Å²) in [5, 5.41) is 19.5. The molecule has 0 radical (unpaired) electrons. The van der Waals surface area contributed by atoms with E-state index < -0.39 is 10.0 Å². The molecule has 2 aromatic heterocycles. The van der Waals surface area contributed by atoms with Gasteiger partial charge >= 0.3 is 0 Å². The maximum Gasteiger partial charge on any atom is 0.263 e. The van der Waals surface area contributed by atoms with Gasteiger partial charge in [0.25, 0.3) is 10.0 Å². The van der Waals surface area contributed by atoms with Crippen molar-refractivity contribution in [3.05, 3.63) is 102 Å². The van der Waals surface area contributed by atoms with E-state index in [0.29, 0.717) is 16.7 Å². The van der Waals surface area contributed by atoms with Gasteiger partial charge in [-0.2, -0.15) is 0 Å². The van der Waals surface area contributed by atoms with Crippen molar-refractivity contribution in [2.45, 2.75) is 10.1 Å². The topological polar surface area (TPSA) is 132 Å². The number of nitrogens with zero attached hydrogens (tertiary/aromatic N) is 5. The maximum atomic E-state index is 12.7. The molecule has 0 bridgehead atoms. The Labute approximate surface area is 245 Å². The number of nitrogens with one attached hydrogen (secondary N) is 2. The smallest absolute Gasteiger partial charge is 0.263 e.